The molecule has 5 heteroatoms. The van der Waals surface area contributed by atoms with Crippen molar-refractivity contribution in [1.82, 2.24) is 14.8 Å². The van der Waals surface area contributed by atoms with Gasteiger partial charge < -0.3 is 9.88 Å². The second kappa shape index (κ2) is 5.86. The van der Waals surface area contributed by atoms with Crippen molar-refractivity contribution in [2.45, 2.75) is 57.5 Å². The largest absolute Gasteiger partial charge is 0.361 e. The van der Waals surface area contributed by atoms with Gasteiger partial charge in [-0.15, -0.1) is 0 Å². The van der Waals surface area contributed by atoms with Crippen LogP contribution in [0.3, 0.4) is 0 Å². The Morgan fingerprint density at radius 1 is 1.19 bits per heavy atom. The molecule has 3 amide bonds. The van der Waals surface area contributed by atoms with E-state index in [-0.39, 0.29) is 18.0 Å². The van der Waals surface area contributed by atoms with E-state index in [4.69, 9.17) is 0 Å². The highest BCUT2D eigenvalue weighted by Gasteiger charge is 2.55. The van der Waals surface area contributed by atoms with E-state index in [0.29, 0.717) is 24.9 Å². The minimum absolute atomic E-state index is 0.0282. The summed E-state index contributed by atoms with van der Waals surface area (Å²) >= 11 is 0. The Labute approximate surface area is 153 Å². The summed E-state index contributed by atoms with van der Waals surface area (Å²) in [5.41, 5.74) is 3.53. The first-order valence-corrected chi connectivity index (χ1v) is 9.84. The number of nitrogens with zero attached hydrogens (tertiary/aromatic N) is 2. The predicted octanol–water partition coefficient (Wildman–Crippen LogP) is 3.61. The average Bonchev–Trinajstić information content (AvgIpc) is 3.29. The number of imide groups is 1. The fourth-order valence-corrected chi connectivity index (χ4v) is 5.38. The summed E-state index contributed by atoms with van der Waals surface area (Å²) in [4.78, 5) is 32.6. The first-order valence-electron chi connectivity index (χ1n) is 9.84. The van der Waals surface area contributed by atoms with E-state index in [2.05, 4.69) is 30.1 Å². The van der Waals surface area contributed by atoms with Crippen LogP contribution >= 0.6 is 0 Å². The van der Waals surface area contributed by atoms with Crippen molar-refractivity contribution in [2.75, 3.05) is 6.54 Å². The van der Waals surface area contributed by atoms with E-state index in [9.17, 15) is 9.59 Å². The van der Waals surface area contributed by atoms with Crippen LogP contribution in [0.2, 0.25) is 0 Å². The van der Waals surface area contributed by atoms with Gasteiger partial charge >= 0.3 is 6.03 Å². The number of H-pyrrole nitrogens is 1. The molecule has 26 heavy (non-hydrogen) atoms. The van der Waals surface area contributed by atoms with Crippen LogP contribution in [0.5, 0.6) is 0 Å². The number of nitrogens with one attached hydrogen (secondary N) is 1. The Hall–Kier alpha value is -2.30. The fraction of sp³-hybridized carbons (Fsp3) is 0.524. The van der Waals surface area contributed by atoms with Crippen LogP contribution < -0.4 is 0 Å². The van der Waals surface area contributed by atoms with Gasteiger partial charge in [0.25, 0.3) is 5.91 Å². The van der Waals surface area contributed by atoms with Crippen molar-refractivity contribution in [1.29, 1.82) is 0 Å². The highest BCUT2D eigenvalue weighted by molar-refractivity contribution is 6.05. The van der Waals surface area contributed by atoms with Gasteiger partial charge in [0.2, 0.25) is 0 Å². The minimum atomic E-state index is -0.194. The average molecular weight is 351 g/mol. The Bertz CT molecular complexity index is 887. The molecule has 136 valence electrons. The number of para-hydroxylation sites is 1. The summed E-state index contributed by atoms with van der Waals surface area (Å²) in [7, 11) is 0. The molecule has 2 aromatic rings. The number of hydrogen-bond donors (Lipinski definition) is 1. The van der Waals surface area contributed by atoms with Crippen molar-refractivity contribution in [3.8, 4) is 0 Å². The van der Waals surface area contributed by atoms with Crippen molar-refractivity contribution < 1.29 is 9.59 Å². The number of hydrogen-bond acceptors (Lipinski definition) is 2. The number of urea groups is 1. The molecule has 0 spiro atoms. The lowest BCUT2D eigenvalue weighted by Crippen LogP contribution is -2.41. The molecule has 5 rings (SSSR count). The van der Waals surface area contributed by atoms with E-state index in [0.717, 1.165) is 18.4 Å². The standard InChI is InChI=1S/C21H25N3O2/c1-13-5-4-7-16-15(12-22-19(13)16)9-10-23-20(25)18-11-14-6-2-3-8-17(14)24(18)21(23)26/h4-5,7,12,14,17-18,22H,2-3,6,8-11H2,1H3. The van der Waals surface area contributed by atoms with Gasteiger partial charge in [-0.1, -0.05) is 31.0 Å². The molecule has 1 saturated carbocycles. The molecule has 0 radical (unpaired) electrons. The summed E-state index contributed by atoms with van der Waals surface area (Å²) in [5.74, 6) is 0.570. The third kappa shape index (κ3) is 2.22. The first kappa shape index (κ1) is 15.9. The lowest BCUT2D eigenvalue weighted by molar-refractivity contribution is -0.128. The highest BCUT2D eigenvalue weighted by atomic mass is 16.2. The molecule has 2 saturated heterocycles. The van der Waals surface area contributed by atoms with Gasteiger partial charge in [-0.25, -0.2) is 4.79 Å². The van der Waals surface area contributed by atoms with Crippen LogP contribution in [-0.2, 0) is 11.2 Å². The monoisotopic (exact) mass is 351 g/mol. The fourth-order valence-electron chi connectivity index (χ4n) is 5.38. The Kier molecular flexibility index (Phi) is 3.59. The number of benzene rings is 1. The molecule has 3 aliphatic rings. The van der Waals surface area contributed by atoms with Gasteiger partial charge in [0.1, 0.15) is 6.04 Å². The van der Waals surface area contributed by atoms with Gasteiger partial charge in [-0.05, 0) is 49.7 Å². The number of aryl methyl sites for hydroxylation is 1. The molecule has 1 aromatic heterocycles. The quantitative estimate of drug-likeness (QED) is 0.859. The SMILES string of the molecule is Cc1cccc2c(CCN3C(=O)C4CC5CCCCC5N4C3=O)c[nH]c12. The molecule has 1 aliphatic carbocycles. The van der Waals surface area contributed by atoms with Gasteiger partial charge in [0.15, 0.2) is 0 Å². The molecule has 3 unspecified atom stereocenters. The number of carbonyl (C=O) groups excluding carboxylic acids is 2. The summed E-state index contributed by atoms with van der Waals surface area (Å²) in [5, 5.41) is 1.19. The topological polar surface area (TPSA) is 56.4 Å². The first-order chi connectivity index (χ1) is 12.6. The van der Waals surface area contributed by atoms with Crippen molar-refractivity contribution in [3.05, 3.63) is 35.5 Å². The molecular weight excluding hydrogens is 326 g/mol. The smallest absolute Gasteiger partial charge is 0.327 e. The second-order valence-electron chi connectivity index (χ2n) is 8.10. The number of amides is 3. The van der Waals surface area contributed by atoms with Crippen LogP contribution in [0.1, 0.15) is 43.2 Å². The van der Waals surface area contributed by atoms with Crippen molar-refractivity contribution in [2.24, 2.45) is 5.92 Å². The van der Waals surface area contributed by atoms with Gasteiger partial charge in [-0.2, -0.15) is 0 Å². The summed E-state index contributed by atoms with van der Waals surface area (Å²) in [6.45, 7) is 2.56. The zero-order valence-electron chi connectivity index (χ0n) is 15.2. The van der Waals surface area contributed by atoms with E-state index in [1.54, 1.807) is 0 Å². The van der Waals surface area contributed by atoms with Crippen molar-refractivity contribution in [3.63, 3.8) is 0 Å². The number of fused-ring (bicyclic) bond motifs is 4. The van der Waals surface area contributed by atoms with E-state index < -0.39 is 0 Å². The molecule has 3 atom stereocenters. The maximum atomic E-state index is 13.0. The van der Waals surface area contributed by atoms with Crippen LogP contribution in [0.25, 0.3) is 10.9 Å². The number of carbonyl (C=O) groups is 2. The van der Waals surface area contributed by atoms with Gasteiger partial charge in [0.05, 0.1) is 0 Å². The Morgan fingerprint density at radius 2 is 2.04 bits per heavy atom. The summed E-state index contributed by atoms with van der Waals surface area (Å²) in [6, 6.07) is 6.30. The molecule has 1 aromatic carbocycles. The molecule has 2 aliphatic heterocycles. The maximum absolute atomic E-state index is 13.0. The van der Waals surface area contributed by atoms with E-state index in [1.165, 1.54) is 40.7 Å². The van der Waals surface area contributed by atoms with Gasteiger partial charge in [-0.3, -0.25) is 9.69 Å². The van der Waals surface area contributed by atoms with E-state index >= 15 is 0 Å². The Balaban J connectivity index is 1.34. The van der Waals surface area contributed by atoms with Crippen LogP contribution in [-0.4, -0.2) is 45.4 Å². The molecule has 3 fully saturated rings. The molecule has 5 nitrogen and oxygen atoms in total. The molecule has 1 N–H and O–H groups in total. The third-order valence-electron chi connectivity index (χ3n) is 6.71. The lowest BCUT2D eigenvalue weighted by atomic mass is 9.84. The van der Waals surface area contributed by atoms with Crippen LogP contribution in [0.4, 0.5) is 4.79 Å². The highest BCUT2D eigenvalue weighted by Crippen LogP contribution is 2.43. The van der Waals surface area contributed by atoms with Crippen LogP contribution in [0, 0.1) is 12.8 Å². The van der Waals surface area contributed by atoms with Crippen LogP contribution in [0.15, 0.2) is 24.4 Å². The zero-order valence-corrected chi connectivity index (χ0v) is 15.2. The lowest BCUT2D eigenvalue weighted by Gasteiger charge is -2.31. The van der Waals surface area contributed by atoms with Gasteiger partial charge in [0, 0.05) is 29.7 Å². The summed E-state index contributed by atoms with van der Waals surface area (Å²) in [6.07, 6.45) is 8.26. The maximum Gasteiger partial charge on any atom is 0.327 e. The zero-order chi connectivity index (χ0) is 17.8. The van der Waals surface area contributed by atoms with E-state index in [1.807, 2.05) is 11.1 Å². The minimum Gasteiger partial charge on any atom is -0.361 e. The summed E-state index contributed by atoms with van der Waals surface area (Å²) < 4.78 is 0. The molecule has 3 heterocycles. The number of rotatable bonds is 3. The third-order valence-corrected chi connectivity index (χ3v) is 6.71. The number of aromatic nitrogens is 1. The second-order valence-corrected chi connectivity index (χ2v) is 8.10. The predicted molar refractivity (Wildman–Crippen MR) is 99.8 cm³/mol. The molecular formula is C21H25N3O2. The number of aromatic amines is 1. The molecule has 0 bridgehead atoms. The van der Waals surface area contributed by atoms with Crippen molar-refractivity contribution >= 4 is 22.8 Å². The Morgan fingerprint density at radius 3 is 2.92 bits per heavy atom. The normalized spacial score (nSPS) is 28.1.